The van der Waals surface area contributed by atoms with Crippen molar-refractivity contribution >= 4 is 17.4 Å². The van der Waals surface area contributed by atoms with Crippen molar-refractivity contribution in [1.29, 1.82) is 0 Å². The summed E-state index contributed by atoms with van der Waals surface area (Å²) in [4.78, 5) is 15.0. The second kappa shape index (κ2) is 5.22. The van der Waals surface area contributed by atoms with Crippen molar-refractivity contribution in [2.75, 3.05) is 5.01 Å². The maximum Gasteiger partial charge on any atom is 0.335 e. The van der Waals surface area contributed by atoms with E-state index >= 15 is 0 Å². The molecule has 2 heterocycles. The zero-order valence-electron chi connectivity index (χ0n) is 10.7. The number of rotatable bonds is 3. The summed E-state index contributed by atoms with van der Waals surface area (Å²) < 4.78 is 13.9. The Balaban J connectivity index is 1.94. The number of carbonyl (C=O) groups is 1. The van der Waals surface area contributed by atoms with Crippen LogP contribution in [0.25, 0.3) is 5.70 Å². The van der Waals surface area contributed by atoms with Crippen molar-refractivity contribution < 1.29 is 14.3 Å². The Morgan fingerprint density at radius 1 is 1.33 bits per heavy atom. The van der Waals surface area contributed by atoms with Crippen LogP contribution in [0.2, 0.25) is 0 Å². The van der Waals surface area contributed by atoms with Crippen molar-refractivity contribution in [3.63, 3.8) is 0 Å². The smallest absolute Gasteiger partial charge is 0.335 e. The van der Waals surface area contributed by atoms with Crippen LogP contribution < -0.4 is 16.0 Å². The fourth-order valence-electron chi connectivity index (χ4n) is 1.94. The van der Waals surface area contributed by atoms with Gasteiger partial charge in [0, 0.05) is 24.2 Å². The van der Waals surface area contributed by atoms with Gasteiger partial charge in [0.25, 0.3) is 0 Å². The van der Waals surface area contributed by atoms with Gasteiger partial charge in [0.05, 0.1) is 16.9 Å². The van der Waals surface area contributed by atoms with E-state index in [0.29, 0.717) is 5.70 Å². The molecule has 2 aromatic rings. The molecule has 1 aliphatic rings. The van der Waals surface area contributed by atoms with Gasteiger partial charge in [0.1, 0.15) is 5.82 Å². The minimum absolute atomic E-state index is 0.0106. The van der Waals surface area contributed by atoms with Gasteiger partial charge in [-0.15, -0.1) is 5.53 Å². The summed E-state index contributed by atoms with van der Waals surface area (Å²) in [5.41, 5.74) is 7.28. The van der Waals surface area contributed by atoms with Gasteiger partial charge < -0.3 is 10.5 Å². The number of hydrogen-bond acceptors (Lipinski definition) is 5. The molecule has 3 N–H and O–H groups in total. The number of nitrogens with zero attached hydrogens (tertiary/aromatic N) is 2. The molecule has 0 radical (unpaired) electrons. The molecular formula is C14H11FN4O2. The lowest BCUT2D eigenvalue weighted by atomic mass is 10.2. The molecule has 0 bridgehead atoms. The van der Waals surface area contributed by atoms with Crippen LogP contribution in [0, 0.1) is 5.82 Å². The third-order valence-electron chi connectivity index (χ3n) is 2.99. The van der Waals surface area contributed by atoms with E-state index in [0.717, 1.165) is 11.6 Å². The van der Waals surface area contributed by atoms with E-state index in [4.69, 9.17) is 5.11 Å². The number of hydrazine groups is 2. The number of nitrogens with one attached hydrogen (secondary N) is 2. The average molecular weight is 286 g/mol. The lowest BCUT2D eigenvalue weighted by Gasteiger charge is -2.16. The van der Waals surface area contributed by atoms with E-state index in [1.54, 1.807) is 24.7 Å². The average Bonchev–Trinajstić information content (AvgIpc) is 2.98. The van der Waals surface area contributed by atoms with Crippen LogP contribution in [0.5, 0.6) is 0 Å². The van der Waals surface area contributed by atoms with Gasteiger partial charge >= 0.3 is 5.97 Å². The van der Waals surface area contributed by atoms with Crippen LogP contribution >= 0.6 is 0 Å². The first-order valence-corrected chi connectivity index (χ1v) is 6.11. The number of aromatic nitrogens is 1. The first kappa shape index (κ1) is 13.1. The largest absolute Gasteiger partial charge is 0.478 e. The summed E-state index contributed by atoms with van der Waals surface area (Å²) in [7, 11) is 0. The van der Waals surface area contributed by atoms with E-state index in [2.05, 4.69) is 15.9 Å². The van der Waals surface area contributed by atoms with Gasteiger partial charge in [0.2, 0.25) is 0 Å². The Morgan fingerprint density at radius 2 is 2.19 bits per heavy atom. The highest BCUT2D eigenvalue weighted by atomic mass is 19.1. The lowest BCUT2D eigenvalue weighted by Crippen LogP contribution is -2.36. The zero-order valence-corrected chi connectivity index (χ0v) is 10.7. The predicted molar refractivity (Wildman–Crippen MR) is 74.3 cm³/mol. The van der Waals surface area contributed by atoms with Crippen LogP contribution in [0.4, 0.5) is 10.1 Å². The number of halogens is 1. The van der Waals surface area contributed by atoms with Crippen molar-refractivity contribution in [2.24, 2.45) is 0 Å². The minimum Gasteiger partial charge on any atom is -0.478 e. The summed E-state index contributed by atoms with van der Waals surface area (Å²) in [5, 5.41) is 10.4. The highest BCUT2D eigenvalue weighted by Gasteiger charge is 2.19. The molecule has 0 fully saturated rings. The van der Waals surface area contributed by atoms with Crippen LogP contribution in [-0.2, 0) is 0 Å². The molecule has 3 rings (SSSR count). The van der Waals surface area contributed by atoms with Crippen LogP contribution in [0.15, 0.2) is 48.9 Å². The standard InChI is InChI=1S/C14H11FN4O2/c15-11-4-3-9(14(20)21)6-13(11)19-8-12(17-18-19)10-2-1-5-16-7-10/h1-8,17-18H,(H,20,21). The van der Waals surface area contributed by atoms with Crippen molar-refractivity contribution in [1.82, 2.24) is 15.9 Å². The molecule has 1 aromatic heterocycles. The lowest BCUT2D eigenvalue weighted by molar-refractivity contribution is 0.0697. The molecule has 0 saturated heterocycles. The Bertz CT molecular complexity index is 718. The quantitative estimate of drug-likeness (QED) is 0.798. The highest BCUT2D eigenvalue weighted by molar-refractivity contribution is 5.89. The zero-order chi connectivity index (χ0) is 14.8. The molecule has 106 valence electrons. The second-order valence-electron chi connectivity index (χ2n) is 4.36. The van der Waals surface area contributed by atoms with E-state index in [9.17, 15) is 9.18 Å². The van der Waals surface area contributed by atoms with Gasteiger partial charge in [-0.05, 0) is 30.3 Å². The number of pyridine rings is 1. The summed E-state index contributed by atoms with van der Waals surface area (Å²) in [6.07, 6.45) is 4.94. The summed E-state index contributed by atoms with van der Waals surface area (Å²) in [6, 6.07) is 7.23. The fraction of sp³-hybridized carbons (Fsp3) is 0. The highest BCUT2D eigenvalue weighted by Crippen LogP contribution is 2.24. The number of benzene rings is 1. The number of anilines is 1. The van der Waals surface area contributed by atoms with E-state index < -0.39 is 11.8 Å². The summed E-state index contributed by atoms with van der Waals surface area (Å²) in [5.74, 6) is -1.64. The number of carboxylic acid groups (broad SMARTS) is 1. The normalized spacial score (nSPS) is 13.8. The number of aromatic carboxylic acids is 1. The Kier molecular flexibility index (Phi) is 3.25. The molecule has 1 aromatic carbocycles. The molecule has 1 aliphatic heterocycles. The van der Waals surface area contributed by atoms with Crippen molar-refractivity contribution in [3.8, 4) is 0 Å². The first-order chi connectivity index (χ1) is 10.1. The predicted octanol–water partition coefficient (Wildman–Crippen LogP) is 1.75. The number of hydrogen-bond donors (Lipinski definition) is 3. The van der Waals surface area contributed by atoms with Gasteiger partial charge in [-0.2, -0.15) is 0 Å². The maximum absolute atomic E-state index is 13.9. The van der Waals surface area contributed by atoms with Gasteiger partial charge in [-0.1, -0.05) is 0 Å². The topological polar surface area (TPSA) is 77.5 Å². The molecule has 7 heteroatoms. The Morgan fingerprint density at radius 3 is 2.90 bits per heavy atom. The van der Waals surface area contributed by atoms with Gasteiger partial charge in [-0.3, -0.25) is 9.99 Å². The molecule has 21 heavy (non-hydrogen) atoms. The van der Waals surface area contributed by atoms with E-state index in [1.807, 2.05) is 6.07 Å². The third kappa shape index (κ3) is 2.54. The van der Waals surface area contributed by atoms with Gasteiger partial charge in [-0.25, -0.2) is 9.18 Å². The van der Waals surface area contributed by atoms with Crippen molar-refractivity contribution in [2.45, 2.75) is 0 Å². The van der Waals surface area contributed by atoms with Crippen molar-refractivity contribution in [3.05, 3.63) is 65.9 Å². The molecule has 0 atom stereocenters. The van der Waals surface area contributed by atoms with Crippen LogP contribution in [0.1, 0.15) is 15.9 Å². The molecule has 0 aliphatic carbocycles. The molecular weight excluding hydrogens is 275 g/mol. The van der Waals surface area contributed by atoms with Crippen LogP contribution in [0.3, 0.4) is 0 Å². The summed E-state index contributed by atoms with van der Waals surface area (Å²) >= 11 is 0. The maximum atomic E-state index is 13.9. The van der Waals surface area contributed by atoms with E-state index in [1.165, 1.54) is 17.1 Å². The fourth-order valence-corrected chi connectivity index (χ4v) is 1.94. The minimum atomic E-state index is -1.11. The monoisotopic (exact) mass is 286 g/mol. The molecule has 0 spiro atoms. The number of carboxylic acids is 1. The Labute approximate surface area is 119 Å². The second-order valence-corrected chi connectivity index (χ2v) is 4.36. The molecule has 0 amide bonds. The molecule has 0 unspecified atom stereocenters. The molecule has 0 saturated carbocycles. The third-order valence-corrected chi connectivity index (χ3v) is 2.99. The summed E-state index contributed by atoms with van der Waals surface area (Å²) in [6.45, 7) is 0. The SMILES string of the molecule is O=C(O)c1ccc(F)c(N2C=C(c3cccnc3)NN2)c1. The van der Waals surface area contributed by atoms with Crippen LogP contribution in [-0.4, -0.2) is 16.1 Å². The first-order valence-electron chi connectivity index (χ1n) is 6.11. The van der Waals surface area contributed by atoms with Gasteiger partial charge in [0.15, 0.2) is 0 Å². The Hall–Kier alpha value is -2.93. The van der Waals surface area contributed by atoms with E-state index in [-0.39, 0.29) is 11.3 Å². The molecule has 6 nitrogen and oxygen atoms in total.